The van der Waals surface area contributed by atoms with Crippen LogP contribution >= 0.6 is 0 Å². The smallest absolute Gasteiger partial charge is 0.248 e. The lowest BCUT2D eigenvalue weighted by Crippen LogP contribution is -2.39. The van der Waals surface area contributed by atoms with Crippen molar-refractivity contribution >= 4 is 5.91 Å². The van der Waals surface area contributed by atoms with Gasteiger partial charge in [0.05, 0.1) is 6.10 Å². The Balaban J connectivity index is 0.00000161. The minimum atomic E-state index is -0.349. The summed E-state index contributed by atoms with van der Waals surface area (Å²) in [4.78, 5) is 11.4. The fourth-order valence-electron chi connectivity index (χ4n) is 4.22. The fraction of sp³-hybridized carbons (Fsp3) is 0.611. The molecule has 0 saturated heterocycles. The maximum absolute atomic E-state index is 11.4. The molecule has 3 N–H and O–H groups in total. The fourth-order valence-corrected chi connectivity index (χ4v) is 4.22. The normalized spacial score (nSPS) is 31.3. The number of aliphatic hydroxyl groups is 1. The van der Waals surface area contributed by atoms with Crippen molar-refractivity contribution in [2.75, 3.05) is 0 Å². The van der Waals surface area contributed by atoms with E-state index in [1.54, 1.807) is 0 Å². The van der Waals surface area contributed by atoms with Crippen LogP contribution in [0.1, 0.15) is 67.9 Å². The predicted octanol–water partition coefficient (Wildman–Crippen LogP) is 3.18. The molecule has 116 valence electrons. The number of fused-ring (bicyclic) bond motifs is 3. The van der Waals surface area contributed by atoms with Crippen molar-refractivity contribution in [3.05, 3.63) is 34.9 Å². The third-order valence-corrected chi connectivity index (χ3v) is 5.46. The van der Waals surface area contributed by atoms with E-state index in [1.807, 2.05) is 12.1 Å². The van der Waals surface area contributed by atoms with E-state index < -0.39 is 0 Å². The van der Waals surface area contributed by atoms with E-state index in [4.69, 9.17) is 5.73 Å². The molecule has 0 bridgehead atoms. The molecule has 0 heterocycles. The number of aryl methyl sites for hydroxylation is 1. The van der Waals surface area contributed by atoms with Crippen molar-refractivity contribution in [2.24, 2.45) is 11.7 Å². The number of hydrogen-bond acceptors (Lipinski definition) is 2. The minimum Gasteiger partial charge on any atom is -0.393 e. The Bertz CT molecular complexity index is 540. The monoisotopic (exact) mass is 289 g/mol. The van der Waals surface area contributed by atoms with Crippen LogP contribution in [0, 0.1) is 5.92 Å². The van der Waals surface area contributed by atoms with Gasteiger partial charge >= 0.3 is 0 Å². The second kappa shape index (κ2) is 5.80. The predicted molar refractivity (Wildman–Crippen MR) is 85.3 cm³/mol. The highest BCUT2D eigenvalue weighted by atomic mass is 16.3. The molecule has 1 saturated carbocycles. The molecular weight excluding hydrogens is 262 g/mol. The van der Waals surface area contributed by atoms with Crippen LogP contribution in [0.4, 0.5) is 0 Å². The largest absolute Gasteiger partial charge is 0.393 e. The number of benzene rings is 1. The lowest BCUT2D eigenvalue weighted by atomic mass is 9.62. The number of nitrogens with two attached hydrogens (primary N) is 1. The van der Waals surface area contributed by atoms with Gasteiger partial charge in [-0.1, -0.05) is 20.4 Å². The van der Waals surface area contributed by atoms with Gasteiger partial charge in [-0.15, -0.1) is 0 Å². The Morgan fingerprint density at radius 1 is 1.38 bits per heavy atom. The van der Waals surface area contributed by atoms with Gasteiger partial charge in [0.2, 0.25) is 5.91 Å². The number of hydrogen-bond donors (Lipinski definition) is 2. The van der Waals surface area contributed by atoms with Gasteiger partial charge in [0.25, 0.3) is 0 Å². The topological polar surface area (TPSA) is 63.3 Å². The van der Waals surface area contributed by atoms with Gasteiger partial charge in [0, 0.05) is 5.56 Å². The van der Waals surface area contributed by atoms with E-state index in [1.165, 1.54) is 11.1 Å². The maximum Gasteiger partial charge on any atom is 0.248 e. The van der Waals surface area contributed by atoms with E-state index >= 15 is 0 Å². The highest BCUT2D eigenvalue weighted by Gasteiger charge is 2.42. The molecule has 0 radical (unpaired) electrons. The van der Waals surface area contributed by atoms with Gasteiger partial charge in [-0.05, 0) is 73.1 Å². The van der Waals surface area contributed by atoms with E-state index in [9.17, 15) is 9.90 Å². The van der Waals surface area contributed by atoms with Crippen LogP contribution in [0.25, 0.3) is 0 Å². The van der Waals surface area contributed by atoms with Gasteiger partial charge in [0.1, 0.15) is 0 Å². The highest BCUT2D eigenvalue weighted by molar-refractivity contribution is 5.93. The summed E-state index contributed by atoms with van der Waals surface area (Å²) in [6, 6.07) is 5.95. The number of carbonyl (C=O) groups excluding carboxylic acids is 1. The molecule has 1 aromatic carbocycles. The minimum absolute atomic E-state index is 0. The van der Waals surface area contributed by atoms with Crippen molar-refractivity contribution in [2.45, 2.75) is 64.4 Å². The van der Waals surface area contributed by atoms with Crippen molar-refractivity contribution < 1.29 is 9.90 Å². The molecule has 3 atom stereocenters. The summed E-state index contributed by atoms with van der Waals surface area (Å²) in [7, 11) is 0. The first-order valence-electron chi connectivity index (χ1n) is 7.62. The summed E-state index contributed by atoms with van der Waals surface area (Å²) >= 11 is 0. The Hall–Kier alpha value is -1.35. The van der Waals surface area contributed by atoms with Crippen LogP contribution in [0.15, 0.2) is 18.2 Å². The molecule has 3 nitrogen and oxygen atoms in total. The quantitative estimate of drug-likeness (QED) is 0.834. The van der Waals surface area contributed by atoms with E-state index in [2.05, 4.69) is 13.0 Å². The molecular formula is C18H27NO2. The third kappa shape index (κ3) is 2.71. The van der Waals surface area contributed by atoms with Crippen LogP contribution in [-0.2, 0) is 11.8 Å². The van der Waals surface area contributed by atoms with E-state index in [0.29, 0.717) is 11.5 Å². The second-order valence-corrected chi connectivity index (χ2v) is 6.67. The Kier molecular flexibility index (Phi) is 4.43. The summed E-state index contributed by atoms with van der Waals surface area (Å²) in [6.07, 6.45) is 5.98. The molecule has 0 spiro atoms. The first kappa shape index (κ1) is 16.0. The number of amides is 1. The van der Waals surface area contributed by atoms with Crippen molar-refractivity contribution in [1.29, 1.82) is 0 Å². The average Bonchev–Trinajstić information content (AvgIpc) is 2.55. The zero-order chi connectivity index (χ0) is 14.3. The van der Waals surface area contributed by atoms with Crippen molar-refractivity contribution in [1.82, 2.24) is 0 Å². The number of primary amides is 1. The van der Waals surface area contributed by atoms with Crippen LogP contribution in [0.3, 0.4) is 0 Å². The summed E-state index contributed by atoms with van der Waals surface area (Å²) in [5.74, 6) is 0.199. The maximum atomic E-state index is 11.4. The van der Waals surface area contributed by atoms with Crippen molar-refractivity contribution in [3.63, 3.8) is 0 Å². The van der Waals surface area contributed by atoms with Crippen LogP contribution in [-0.4, -0.2) is 17.1 Å². The Morgan fingerprint density at radius 3 is 2.86 bits per heavy atom. The lowest BCUT2D eigenvalue weighted by molar-refractivity contribution is 0.0542. The zero-order valence-corrected chi connectivity index (χ0v) is 12.1. The first-order valence-corrected chi connectivity index (χ1v) is 7.62. The summed E-state index contributed by atoms with van der Waals surface area (Å²) in [5.41, 5.74) is 8.80. The molecule has 0 aliphatic heterocycles. The van der Waals surface area contributed by atoms with Crippen LogP contribution < -0.4 is 5.73 Å². The van der Waals surface area contributed by atoms with Crippen LogP contribution in [0.2, 0.25) is 0 Å². The molecule has 1 amide bonds. The van der Waals surface area contributed by atoms with Gasteiger partial charge in [0.15, 0.2) is 0 Å². The zero-order valence-electron chi connectivity index (χ0n) is 12.1. The van der Waals surface area contributed by atoms with E-state index in [0.717, 1.165) is 38.5 Å². The average molecular weight is 289 g/mol. The van der Waals surface area contributed by atoms with Gasteiger partial charge in [-0.3, -0.25) is 4.79 Å². The number of carbonyl (C=O) groups is 1. The molecule has 3 unspecified atom stereocenters. The van der Waals surface area contributed by atoms with Gasteiger partial charge < -0.3 is 10.8 Å². The summed E-state index contributed by atoms with van der Waals surface area (Å²) in [5, 5.41) is 9.96. The number of aliphatic hydroxyl groups excluding tert-OH is 1. The lowest BCUT2D eigenvalue weighted by Gasteiger charge is -2.43. The number of rotatable bonds is 1. The molecule has 2 aliphatic rings. The second-order valence-electron chi connectivity index (χ2n) is 6.67. The molecule has 0 aromatic heterocycles. The molecule has 21 heavy (non-hydrogen) atoms. The standard InChI is InChI=1S/C17H23NO2.CH4/c1-17-8-7-14(19)10-13(17)4-2-3-11-9-12(16(18)20)5-6-15(11)17;/h5-6,9,13-14,19H,2-4,7-8,10H2,1H3,(H2,18,20);1H4. The van der Waals surface area contributed by atoms with Crippen LogP contribution in [0.5, 0.6) is 0 Å². The molecule has 2 aliphatic carbocycles. The third-order valence-electron chi connectivity index (χ3n) is 5.46. The Labute approximate surface area is 127 Å². The molecule has 1 fully saturated rings. The van der Waals surface area contributed by atoms with E-state index in [-0.39, 0.29) is 24.9 Å². The highest BCUT2D eigenvalue weighted by Crippen LogP contribution is 2.48. The summed E-state index contributed by atoms with van der Waals surface area (Å²) < 4.78 is 0. The summed E-state index contributed by atoms with van der Waals surface area (Å²) in [6.45, 7) is 2.33. The molecule has 3 rings (SSSR count). The molecule has 1 aromatic rings. The SMILES string of the molecule is C.CC12CCC(O)CC1CCCc1cc(C(N)=O)ccc12. The van der Waals surface area contributed by atoms with Gasteiger partial charge in [-0.2, -0.15) is 0 Å². The van der Waals surface area contributed by atoms with Crippen molar-refractivity contribution in [3.8, 4) is 0 Å². The Morgan fingerprint density at radius 2 is 2.14 bits per heavy atom. The van der Waals surface area contributed by atoms with Gasteiger partial charge in [-0.25, -0.2) is 0 Å². The molecule has 3 heteroatoms. The first-order chi connectivity index (χ1) is 9.50.